The first-order valence-electron chi connectivity index (χ1n) is 6.54. The quantitative estimate of drug-likeness (QED) is 0.693. The van der Waals surface area contributed by atoms with E-state index in [4.69, 9.17) is 9.26 Å². The summed E-state index contributed by atoms with van der Waals surface area (Å²) in [5.41, 5.74) is 0.481. The van der Waals surface area contributed by atoms with Crippen molar-refractivity contribution >= 4 is 5.97 Å². The molecule has 0 amide bonds. The number of carbonyl (C=O) groups is 1. The molecular weight excluding hydrogens is 290 g/mol. The lowest BCUT2D eigenvalue weighted by Gasteiger charge is -2.10. The highest BCUT2D eigenvalue weighted by Gasteiger charge is 2.21. The van der Waals surface area contributed by atoms with E-state index in [-0.39, 0.29) is 11.1 Å². The maximum atomic E-state index is 11.8. The SMILES string of the molecule is COC(=O)c1cn(CCc2nc(C)no2)cc2c(=O)[nH]nc1-2. The van der Waals surface area contributed by atoms with Gasteiger partial charge in [-0.2, -0.15) is 10.1 Å². The Balaban J connectivity index is 1.95. The fourth-order valence-electron chi connectivity index (χ4n) is 2.14. The van der Waals surface area contributed by atoms with Crippen LogP contribution in [0.3, 0.4) is 0 Å². The number of fused-ring (bicyclic) bond motifs is 1. The number of methoxy groups -OCH3 is 1. The zero-order chi connectivity index (χ0) is 15.7. The molecule has 0 atom stereocenters. The molecule has 3 rings (SSSR count). The molecule has 0 radical (unpaired) electrons. The van der Waals surface area contributed by atoms with Gasteiger partial charge >= 0.3 is 5.97 Å². The molecule has 22 heavy (non-hydrogen) atoms. The average Bonchev–Trinajstić information content (AvgIpc) is 3.10. The fraction of sp³-hybridized carbons (Fsp3) is 0.308. The number of aromatic amines is 1. The van der Waals surface area contributed by atoms with Crippen molar-refractivity contribution in [1.29, 1.82) is 0 Å². The van der Waals surface area contributed by atoms with Crippen LogP contribution in [0.2, 0.25) is 0 Å². The molecule has 3 heterocycles. The number of pyridine rings is 1. The number of nitrogens with one attached hydrogen (secondary N) is 1. The van der Waals surface area contributed by atoms with Crippen molar-refractivity contribution in [2.24, 2.45) is 0 Å². The van der Waals surface area contributed by atoms with Gasteiger partial charge in [-0.15, -0.1) is 0 Å². The Morgan fingerprint density at radius 1 is 1.45 bits per heavy atom. The summed E-state index contributed by atoms with van der Waals surface area (Å²) in [5, 5.41) is 9.90. The number of carbonyl (C=O) groups excluding carboxylic acids is 1. The van der Waals surface area contributed by atoms with Crippen LogP contribution in [-0.4, -0.2) is 38.0 Å². The summed E-state index contributed by atoms with van der Waals surface area (Å²) in [7, 11) is 1.28. The van der Waals surface area contributed by atoms with Crippen LogP contribution in [0.1, 0.15) is 22.1 Å². The molecule has 0 unspecified atom stereocenters. The van der Waals surface area contributed by atoms with E-state index in [0.717, 1.165) is 0 Å². The molecule has 1 aromatic rings. The zero-order valence-corrected chi connectivity index (χ0v) is 12.0. The molecule has 0 bridgehead atoms. The molecule has 0 saturated carbocycles. The lowest BCUT2D eigenvalue weighted by Crippen LogP contribution is -2.13. The minimum Gasteiger partial charge on any atom is -0.465 e. The van der Waals surface area contributed by atoms with Crippen molar-refractivity contribution in [2.75, 3.05) is 7.11 Å². The van der Waals surface area contributed by atoms with Gasteiger partial charge in [-0.05, 0) is 6.92 Å². The standard InChI is InChI=1S/C13H13N5O4/c1-7-14-10(22-17-7)3-4-18-5-8-11(15-16-12(8)19)9(6-18)13(20)21-2/h5-6H,3-4H2,1-2H3,(H,16,19). The summed E-state index contributed by atoms with van der Waals surface area (Å²) in [6, 6.07) is 0. The molecule has 0 spiro atoms. The second-order valence-corrected chi connectivity index (χ2v) is 4.70. The van der Waals surface area contributed by atoms with Gasteiger partial charge in [0.05, 0.1) is 12.7 Å². The van der Waals surface area contributed by atoms with Crippen molar-refractivity contribution in [3.63, 3.8) is 0 Å². The molecule has 0 aromatic carbocycles. The molecule has 9 heteroatoms. The smallest absolute Gasteiger partial charge is 0.341 e. The number of esters is 1. The second kappa shape index (κ2) is 5.43. The van der Waals surface area contributed by atoms with E-state index >= 15 is 0 Å². The summed E-state index contributed by atoms with van der Waals surface area (Å²) in [5.74, 6) is 0.487. The normalized spacial score (nSPS) is 11.0. The molecule has 2 aliphatic heterocycles. The van der Waals surface area contributed by atoms with Crippen molar-refractivity contribution in [2.45, 2.75) is 19.9 Å². The molecule has 1 N–H and O–H groups in total. The van der Waals surface area contributed by atoms with E-state index in [0.29, 0.717) is 35.9 Å². The van der Waals surface area contributed by atoms with Crippen LogP contribution >= 0.6 is 0 Å². The van der Waals surface area contributed by atoms with Crippen molar-refractivity contribution in [1.82, 2.24) is 24.9 Å². The Bertz CT molecular complexity index is 846. The second-order valence-electron chi connectivity index (χ2n) is 4.70. The first-order valence-corrected chi connectivity index (χ1v) is 6.54. The van der Waals surface area contributed by atoms with Gasteiger partial charge in [-0.25, -0.2) is 9.89 Å². The Morgan fingerprint density at radius 2 is 2.27 bits per heavy atom. The molecular formula is C13H13N5O4. The summed E-state index contributed by atoms with van der Waals surface area (Å²) < 4.78 is 11.5. The van der Waals surface area contributed by atoms with E-state index in [1.165, 1.54) is 7.11 Å². The van der Waals surface area contributed by atoms with Crippen LogP contribution in [0.4, 0.5) is 0 Å². The third-order valence-electron chi connectivity index (χ3n) is 3.17. The van der Waals surface area contributed by atoms with Gasteiger partial charge in [0.2, 0.25) is 5.89 Å². The number of ether oxygens (including phenoxy) is 1. The Labute approximate surface area is 124 Å². The zero-order valence-electron chi connectivity index (χ0n) is 12.0. The van der Waals surface area contributed by atoms with Crippen molar-refractivity contribution < 1.29 is 14.1 Å². The van der Waals surface area contributed by atoms with Gasteiger partial charge in [-0.1, -0.05) is 5.16 Å². The Kier molecular flexibility index (Phi) is 3.45. The van der Waals surface area contributed by atoms with Gasteiger partial charge in [0, 0.05) is 25.4 Å². The first-order chi connectivity index (χ1) is 10.6. The van der Waals surface area contributed by atoms with E-state index < -0.39 is 5.97 Å². The summed E-state index contributed by atoms with van der Waals surface area (Å²) in [4.78, 5) is 27.7. The third-order valence-corrected chi connectivity index (χ3v) is 3.17. The summed E-state index contributed by atoms with van der Waals surface area (Å²) >= 11 is 0. The average molecular weight is 303 g/mol. The lowest BCUT2D eigenvalue weighted by atomic mass is 10.1. The van der Waals surface area contributed by atoms with E-state index in [1.54, 1.807) is 23.9 Å². The highest BCUT2D eigenvalue weighted by atomic mass is 16.5. The monoisotopic (exact) mass is 303 g/mol. The summed E-state index contributed by atoms with van der Waals surface area (Å²) in [6.07, 6.45) is 3.68. The molecule has 0 saturated heterocycles. The van der Waals surface area contributed by atoms with Crippen LogP contribution in [-0.2, 0) is 17.7 Å². The van der Waals surface area contributed by atoms with Crippen LogP contribution in [0, 0.1) is 6.92 Å². The number of hydrogen-bond donors (Lipinski definition) is 1. The van der Waals surface area contributed by atoms with Gasteiger partial charge in [0.25, 0.3) is 5.56 Å². The fourth-order valence-corrected chi connectivity index (χ4v) is 2.14. The molecule has 1 aromatic heterocycles. The molecule has 9 nitrogen and oxygen atoms in total. The van der Waals surface area contributed by atoms with Gasteiger partial charge in [0.1, 0.15) is 11.3 Å². The summed E-state index contributed by atoms with van der Waals surface area (Å²) in [6.45, 7) is 2.20. The maximum Gasteiger partial charge on any atom is 0.341 e. The minimum atomic E-state index is -0.556. The number of aromatic nitrogens is 5. The molecule has 0 fully saturated rings. The highest BCUT2D eigenvalue weighted by Crippen LogP contribution is 2.20. The van der Waals surface area contributed by atoms with E-state index in [1.807, 2.05) is 0 Å². The number of nitrogens with zero attached hydrogens (tertiary/aromatic N) is 4. The number of hydrogen-bond acceptors (Lipinski definition) is 7. The topological polar surface area (TPSA) is 116 Å². The molecule has 2 aliphatic rings. The van der Waals surface area contributed by atoms with Crippen molar-refractivity contribution in [3.05, 3.63) is 40.0 Å². The third kappa shape index (κ3) is 2.48. The van der Waals surface area contributed by atoms with Crippen LogP contribution in [0.25, 0.3) is 11.3 Å². The number of H-pyrrole nitrogens is 1. The number of aryl methyl sites for hydroxylation is 3. The predicted molar refractivity (Wildman–Crippen MR) is 73.5 cm³/mol. The van der Waals surface area contributed by atoms with Crippen LogP contribution in [0.15, 0.2) is 21.7 Å². The van der Waals surface area contributed by atoms with E-state index in [2.05, 4.69) is 20.3 Å². The molecule has 0 aliphatic carbocycles. The highest BCUT2D eigenvalue weighted by molar-refractivity contribution is 5.95. The van der Waals surface area contributed by atoms with Crippen LogP contribution in [0.5, 0.6) is 0 Å². The minimum absolute atomic E-state index is 0.222. The maximum absolute atomic E-state index is 11.8. The number of rotatable bonds is 4. The molecule has 114 valence electrons. The van der Waals surface area contributed by atoms with Gasteiger partial charge < -0.3 is 13.8 Å². The van der Waals surface area contributed by atoms with Crippen LogP contribution < -0.4 is 5.56 Å². The predicted octanol–water partition coefficient (Wildman–Crippen LogP) is 0.397. The van der Waals surface area contributed by atoms with Gasteiger partial charge in [0.15, 0.2) is 5.82 Å². The lowest BCUT2D eigenvalue weighted by molar-refractivity contribution is 0.0600. The Hall–Kier alpha value is -2.97. The largest absolute Gasteiger partial charge is 0.465 e. The van der Waals surface area contributed by atoms with Gasteiger partial charge in [-0.3, -0.25) is 4.79 Å². The first kappa shape index (κ1) is 14.0. The Morgan fingerprint density at radius 3 is 2.95 bits per heavy atom. The van der Waals surface area contributed by atoms with E-state index in [9.17, 15) is 9.59 Å². The van der Waals surface area contributed by atoms with Crippen molar-refractivity contribution in [3.8, 4) is 11.3 Å².